The molecule has 0 aromatic rings. The van der Waals surface area contributed by atoms with E-state index in [9.17, 15) is 4.79 Å². The summed E-state index contributed by atoms with van der Waals surface area (Å²) in [4.78, 5) is 11.3. The Morgan fingerprint density at radius 2 is 2.06 bits per heavy atom. The molecule has 0 aromatic heterocycles. The van der Waals surface area contributed by atoms with Crippen LogP contribution >= 0.6 is 31.5 Å². The highest BCUT2D eigenvalue weighted by Crippen LogP contribution is 2.37. The molecule has 0 radical (unpaired) electrons. The normalized spacial score (nSPS) is 25.9. The average molecular weight is 280 g/mol. The molecule has 0 spiro atoms. The minimum atomic E-state index is -0.270. The highest BCUT2D eigenvalue weighted by molar-refractivity contribution is 8.67. The first kappa shape index (κ1) is 14.4. The number of carbonyl (C=O) groups excluding carboxylic acids is 1. The van der Waals surface area contributed by atoms with Gasteiger partial charge in [0, 0.05) is 20.0 Å². The van der Waals surface area contributed by atoms with Crippen molar-refractivity contribution in [2.75, 3.05) is 0 Å². The van der Waals surface area contributed by atoms with E-state index in [0.717, 1.165) is 36.8 Å². The van der Waals surface area contributed by atoms with Gasteiger partial charge in [-0.05, 0) is 32.6 Å². The van der Waals surface area contributed by atoms with Gasteiger partial charge in [-0.25, -0.2) is 4.79 Å². The first-order valence-electron chi connectivity index (χ1n) is 5.22. The topological polar surface area (TPSA) is 35.5 Å². The highest BCUT2D eigenvalue weighted by Gasteiger charge is 2.24. The van der Waals surface area contributed by atoms with Crippen LogP contribution in [0, 0.1) is 0 Å². The van der Waals surface area contributed by atoms with Crippen LogP contribution in [0.3, 0.4) is 0 Å². The number of rotatable bonds is 5. The van der Waals surface area contributed by atoms with Gasteiger partial charge in [-0.1, -0.05) is 18.2 Å². The first-order chi connectivity index (χ1) is 7.63. The molecule has 1 aliphatic carbocycles. The van der Waals surface area contributed by atoms with Crippen LogP contribution in [0.1, 0.15) is 32.6 Å². The van der Waals surface area contributed by atoms with Crippen LogP contribution in [-0.4, -0.2) is 17.7 Å². The molecule has 92 valence electrons. The van der Waals surface area contributed by atoms with E-state index in [2.05, 4.69) is 18.2 Å². The van der Waals surface area contributed by atoms with Gasteiger partial charge in [-0.2, -0.15) is 0 Å². The van der Waals surface area contributed by atoms with E-state index in [-0.39, 0.29) is 12.1 Å². The molecular formula is C10H17O3PS2. The molecular weight excluding hydrogens is 263 g/mol. The van der Waals surface area contributed by atoms with Crippen molar-refractivity contribution in [1.29, 1.82) is 0 Å². The molecule has 6 heteroatoms. The molecule has 1 unspecified atom stereocenters. The Hall–Kier alpha value is 0.300. The molecule has 0 amide bonds. The highest BCUT2D eigenvalue weighted by atomic mass is 33.1. The Morgan fingerprint density at radius 3 is 2.56 bits per heavy atom. The zero-order valence-electron chi connectivity index (χ0n) is 9.27. The quantitative estimate of drug-likeness (QED) is 0.209. The third-order valence-electron chi connectivity index (χ3n) is 2.55. The maximum absolute atomic E-state index is 11.3. The van der Waals surface area contributed by atoms with E-state index < -0.39 is 0 Å². The summed E-state index contributed by atoms with van der Waals surface area (Å²) < 4.78 is 10.5. The lowest BCUT2D eigenvalue weighted by molar-refractivity contribution is -0.145. The van der Waals surface area contributed by atoms with Gasteiger partial charge < -0.3 is 4.74 Å². The number of esters is 1. The Balaban J connectivity index is 2.21. The van der Waals surface area contributed by atoms with Crippen molar-refractivity contribution >= 4 is 37.5 Å². The molecule has 0 heterocycles. The van der Waals surface area contributed by atoms with Crippen molar-refractivity contribution in [3.63, 3.8) is 0 Å². The lowest BCUT2D eigenvalue weighted by Gasteiger charge is -2.27. The van der Waals surface area contributed by atoms with Gasteiger partial charge in [0.05, 0.1) is 11.1 Å². The fraction of sp³-hybridized carbons (Fsp3) is 0.700. The van der Waals surface area contributed by atoms with Crippen LogP contribution in [0.4, 0.5) is 0 Å². The Morgan fingerprint density at radius 1 is 1.44 bits per heavy atom. The smallest absolute Gasteiger partial charge is 0.333 e. The molecule has 16 heavy (non-hydrogen) atoms. The minimum Gasteiger partial charge on any atom is -0.459 e. The number of ether oxygens (including phenoxy) is 1. The maximum Gasteiger partial charge on any atom is 0.333 e. The molecule has 1 saturated carbocycles. The Labute approximate surface area is 108 Å². The first-order valence-corrected chi connectivity index (χ1v) is 8.00. The monoisotopic (exact) mass is 280 g/mol. The lowest BCUT2D eigenvalue weighted by atomic mass is 9.97. The van der Waals surface area contributed by atoms with E-state index in [1.54, 1.807) is 6.92 Å². The standard InChI is InChI=1S/C10H17O3PS2/c1-7(2)10(11)12-8-3-5-9(6-4-8)14-13-16-15/h8-9,14-15H,1,3-6H2,2H3. The number of hydrogen-bond donors (Lipinski definition) is 1. The molecule has 0 N–H and O–H groups in total. The molecule has 1 atom stereocenters. The van der Waals surface area contributed by atoms with Gasteiger partial charge in [-0.3, -0.25) is 3.97 Å². The Bertz CT molecular complexity index is 252. The maximum atomic E-state index is 11.3. The van der Waals surface area contributed by atoms with Gasteiger partial charge >= 0.3 is 5.97 Å². The molecule has 1 fully saturated rings. The minimum absolute atomic E-state index is 0.0638. The van der Waals surface area contributed by atoms with Crippen molar-refractivity contribution in [3.8, 4) is 0 Å². The van der Waals surface area contributed by atoms with Crippen molar-refractivity contribution in [3.05, 3.63) is 12.2 Å². The van der Waals surface area contributed by atoms with E-state index >= 15 is 0 Å². The van der Waals surface area contributed by atoms with Crippen LogP contribution in [0.25, 0.3) is 0 Å². The largest absolute Gasteiger partial charge is 0.459 e. The van der Waals surface area contributed by atoms with E-state index in [4.69, 9.17) is 8.71 Å². The fourth-order valence-electron chi connectivity index (χ4n) is 1.64. The molecule has 1 rings (SSSR count). The summed E-state index contributed by atoms with van der Waals surface area (Å²) in [7, 11) is 0.491. The third-order valence-corrected chi connectivity index (χ3v) is 4.81. The molecule has 1 aliphatic rings. The second kappa shape index (κ2) is 7.59. The van der Waals surface area contributed by atoms with E-state index in [1.165, 1.54) is 0 Å². The molecule has 0 saturated heterocycles. The van der Waals surface area contributed by atoms with Gasteiger partial charge in [0.25, 0.3) is 0 Å². The number of carbonyl (C=O) groups is 1. The van der Waals surface area contributed by atoms with Gasteiger partial charge in [-0.15, -0.1) is 0 Å². The SMILES string of the molecule is C=C(C)C(=O)OC1CCC(POSS)CC1. The van der Waals surface area contributed by atoms with E-state index in [0.29, 0.717) is 20.0 Å². The van der Waals surface area contributed by atoms with Crippen molar-refractivity contribution in [2.45, 2.75) is 44.4 Å². The van der Waals surface area contributed by atoms with Crippen LogP contribution in [-0.2, 0) is 13.5 Å². The second-order valence-electron chi connectivity index (χ2n) is 3.93. The summed E-state index contributed by atoms with van der Waals surface area (Å²) in [5.41, 5.74) is 1.07. The zero-order chi connectivity index (χ0) is 12.0. The molecule has 0 aliphatic heterocycles. The van der Waals surface area contributed by atoms with Gasteiger partial charge in [0.2, 0.25) is 0 Å². The molecule has 3 nitrogen and oxygen atoms in total. The van der Waals surface area contributed by atoms with Gasteiger partial charge in [0.1, 0.15) is 6.10 Å². The molecule has 0 aromatic carbocycles. The lowest BCUT2D eigenvalue weighted by Crippen LogP contribution is -2.25. The summed E-state index contributed by atoms with van der Waals surface area (Å²) in [6, 6.07) is 0. The third kappa shape index (κ3) is 5.09. The van der Waals surface area contributed by atoms with Crippen molar-refractivity contribution in [2.24, 2.45) is 0 Å². The number of hydrogen-bond acceptors (Lipinski definition) is 5. The summed E-state index contributed by atoms with van der Waals surface area (Å²) >= 11 is 5.05. The average Bonchev–Trinajstić information content (AvgIpc) is 2.28. The van der Waals surface area contributed by atoms with E-state index in [1.807, 2.05) is 0 Å². The summed E-state index contributed by atoms with van der Waals surface area (Å²) in [5, 5.41) is 0. The van der Waals surface area contributed by atoms with Crippen LogP contribution < -0.4 is 0 Å². The number of thiol groups is 1. The summed E-state index contributed by atoms with van der Waals surface area (Å²) in [6.07, 6.45) is 4.03. The van der Waals surface area contributed by atoms with Crippen molar-refractivity contribution in [1.82, 2.24) is 0 Å². The summed E-state index contributed by atoms with van der Waals surface area (Å²) in [6.45, 7) is 5.25. The Kier molecular flexibility index (Phi) is 6.81. The predicted octanol–water partition coefficient (Wildman–Crippen LogP) is 3.52. The summed E-state index contributed by atoms with van der Waals surface area (Å²) in [5.74, 6) is -0.270. The van der Waals surface area contributed by atoms with Crippen LogP contribution in [0.5, 0.6) is 0 Å². The second-order valence-corrected chi connectivity index (χ2v) is 6.25. The van der Waals surface area contributed by atoms with Crippen LogP contribution in [0.15, 0.2) is 12.2 Å². The fourth-order valence-corrected chi connectivity index (χ4v) is 3.31. The predicted molar refractivity (Wildman–Crippen MR) is 72.9 cm³/mol. The van der Waals surface area contributed by atoms with Crippen LogP contribution in [0.2, 0.25) is 0 Å². The van der Waals surface area contributed by atoms with Crippen molar-refractivity contribution < 1.29 is 13.5 Å². The molecule has 0 bridgehead atoms. The van der Waals surface area contributed by atoms with Gasteiger partial charge in [0.15, 0.2) is 0 Å². The zero-order valence-corrected chi connectivity index (χ0v) is 12.0.